The molecule has 2 rings (SSSR count). The molecule has 4 heteroatoms. The van der Waals surface area contributed by atoms with Crippen LogP contribution in [0.1, 0.15) is 37.8 Å². The maximum atomic E-state index is 11.9. The van der Waals surface area contributed by atoms with Crippen LogP contribution in [0, 0.1) is 6.92 Å². The van der Waals surface area contributed by atoms with Crippen molar-refractivity contribution in [1.82, 2.24) is 5.32 Å². The molecule has 0 radical (unpaired) electrons. The van der Waals surface area contributed by atoms with E-state index < -0.39 is 6.10 Å². The van der Waals surface area contributed by atoms with Crippen molar-refractivity contribution in [1.29, 1.82) is 0 Å². The van der Waals surface area contributed by atoms with E-state index >= 15 is 0 Å². The minimum Gasteiger partial charge on any atom is -0.481 e. The largest absolute Gasteiger partial charge is 0.481 e. The van der Waals surface area contributed by atoms with E-state index in [2.05, 4.69) is 11.4 Å². The van der Waals surface area contributed by atoms with Crippen LogP contribution in [-0.2, 0) is 11.2 Å². The van der Waals surface area contributed by atoms with Crippen LogP contribution in [0.4, 0.5) is 0 Å². The maximum Gasteiger partial charge on any atom is 0.260 e. The number of nitrogens with one attached hydrogen (secondary N) is 1. The molecule has 1 fully saturated rings. The fraction of sp³-hybridized carbons (Fsp3) is 0.562. The number of nitrogens with two attached hydrogens (primary N) is 1. The molecule has 20 heavy (non-hydrogen) atoms. The quantitative estimate of drug-likeness (QED) is 0.834. The highest BCUT2D eigenvalue weighted by Crippen LogP contribution is 2.23. The first-order valence-corrected chi connectivity index (χ1v) is 7.28. The lowest BCUT2D eigenvalue weighted by molar-refractivity contribution is -0.127. The Hall–Kier alpha value is -1.55. The van der Waals surface area contributed by atoms with Crippen molar-refractivity contribution < 1.29 is 9.53 Å². The summed E-state index contributed by atoms with van der Waals surface area (Å²) in [4.78, 5) is 11.9. The van der Waals surface area contributed by atoms with Gasteiger partial charge in [-0.25, -0.2) is 0 Å². The first-order valence-electron chi connectivity index (χ1n) is 7.28. The Kier molecular flexibility index (Phi) is 4.65. The summed E-state index contributed by atoms with van der Waals surface area (Å²) >= 11 is 0. The second-order valence-electron chi connectivity index (χ2n) is 5.84. The molecule has 2 atom stereocenters. The molecule has 0 aromatic heterocycles. The lowest BCUT2D eigenvalue weighted by Crippen LogP contribution is -2.37. The first-order chi connectivity index (χ1) is 9.45. The van der Waals surface area contributed by atoms with Crippen molar-refractivity contribution >= 4 is 5.91 Å². The Morgan fingerprint density at radius 2 is 2.15 bits per heavy atom. The van der Waals surface area contributed by atoms with Gasteiger partial charge in [0, 0.05) is 12.1 Å². The van der Waals surface area contributed by atoms with Gasteiger partial charge in [-0.2, -0.15) is 0 Å². The third kappa shape index (κ3) is 4.23. The van der Waals surface area contributed by atoms with Gasteiger partial charge in [0.2, 0.25) is 0 Å². The number of carbonyl (C=O) groups is 1. The van der Waals surface area contributed by atoms with Crippen LogP contribution < -0.4 is 15.8 Å². The van der Waals surface area contributed by atoms with Gasteiger partial charge in [-0.15, -0.1) is 0 Å². The summed E-state index contributed by atoms with van der Waals surface area (Å²) in [5, 5.41) is 2.96. The molecule has 1 aromatic carbocycles. The normalized spacial score (nSPS) is 17.4. The fourth-order valence-electron chi connectivity index (χ4n) is 2.12. The van der Waals surface area contributed by atoms with E-state index in [0.29, 0.717) is 6.04 Å². The number of amides is 1. The highest BCUT2D eigenvalue weighted by molar-refractivity contribution is 5.81. The van der Waals surface area contributed by atoms with Gasteiger partial charge >= 0.3 is 0 Å². The van der Waals surface area contributed by atoms with E-state index in [-0.39, 0.29) is 11.9 Å². The fourth-order valence-corrected chi connectivity index (χ4v) is 2.12. The molecule has 0 spiro atoms. The predicted molar refractivity (Wildman–Crippen MR) is 79.8 cm³/mol. The topological polar surface area (TPSA) is 64.3 Å². The van der Waals surface area contributed by atoms with E-state index in [4.69, 9.17) is 10.5 Å². The van der Waals surface area contributed by atoms with Gasteiger partial charge in [-0.05, 0) is 51.7 Å². The molecule has 0 heterocycles. The zero-order valence-corrected chi connectivity index (χ0v) is 12.5. The van der Waals surface area contributed by atoms with Crippen LogP contribution >= 0.6 is 0 Å². The number of carbonyl (C=O) groups excluding carboxylic acids is 1. The van der Waals surface area contributed by atoms with Gasteiger partial charge in [-0.1, -0.05) is 17.7 Å². The third-order valence-electron chi connectivity index (χ3n) is 3.35. The number of hydrogen-bond donors (Lipinski definition) is 2. The molecule has 0 saturated heterocycles. The molecule has 110 valence electrons. The molecule has 4 nitrogen and oxygen atoms in total. The van der Waals surface area contributed by atoms with E-state index in [1.165, 1.54) is 5.56 Å². The summed E-state index contributed by atoms with van der Waals surface area (Å²) in [5.41, 5.74) is 8.10. The van der Waals surface area contributed by atoms with Gasteiger partial charge in [-0.3, -0.25) is 4.79 Å². The molecule has 1 aliphatic carbocycles. The number of rotatable bonds is 6. The molecule has 3 N–H and O–H groups in total. The lowest BCUT2D eigenvalue weighted by Gasteiger charge is -2.18. The Balaban J connectivity index is 2.04. The van der Waals surface area contributed by atoms with Crippen molar-refractivity contribution in [2.24, 2.45) is 5.73 Å². The zero-order chi connectivity index (χ0) is 14.7. The standard InChI is InChI=1S/C16H24N2O2/c1-10-4-7-15(13(8-10)9-11(2)17)20-12(3)16(19)18-14-5-6-14/h4,7-8,11-12,14H,5-6,9,17H2,1-3H3,(H,18,19). The lowest BCUT2D eigenvalue weighted by atomic mass is 10.0. The summed E-state index contributed by atoms with van der Waals surface area (Å²) in [6.07, 6.45) is 2.43. The summed E-state index contributed by atoms with van der Waals surface area (Å²) in [6, 6.07) is 6.41. The van der Waals surface area contributed by atoms with Crippen LogP contribution in [0.25, 0.3) is 0 Å². The summed E-state index contributed by atoms with van der Waals surface area (Å²) in [7, 11) is 0. The molecule has 1 amide bonds. The Morgan fingerprint density at radius 1 is 1.45 bits per heavy atom. The van der Waals surface area contributed by atoms with E-state index in [0.717, 1.165) is 30.6 Å². The number of hydrogen-bond acceptors (Lipinski definition) is 3. The minimum absolute atomic E-state index is 0.0418. The molecular weight excluding hydrogens is 252 g/mol. The average molecular weight is 276 g/mol. The predicted octanol–water partition coefficient (Wildman–Crippen LogP) is 1.93. The van der Waals surface area contributed by atoms with Gasteiger partial charge < -0.3 is 15.8 Å². The van der Waals surface area contributed by atoms with Gasteiger partial charge in [0.15, 0.2) is 6.10 Å². The summed E-state index contributed by atoms with van der Waals surface area (Å²) in [5.74, 6) is 0.714. The molecule has 1 aromatic rings. The minimum atomic E-state index is -0.481. The van der Waals surface area contributed by atoms with Crippen molar-refractivity contribution in [2.45, 2.75) is 58.2 Å². The molecule has 1 aliphatic rings. The summed E-state index contributed by atoms with van der Waals surface area (Å²) in [6.45, 7) is 5.79. The number of benzene rings is 1. The third-order valence-corrected chi connectivity index (χ3v) is 3.35. The second kappa shape index (κ2) is 6.27. The Labute approximate surface area is 120 Å². The molecule has 0 bridgehead atoms. The van der Waals surface area contributed by atoms with Crippen molar-refractivity contribution in [3.63, 3.8) is 0 Å². The Bertz CT molecular complexity index is 481. The molecular formula is C16H24N2O2. The molecule has 0 aliphatic heterocycles. The van der Waals surface area contributed by atoms with E-state index in [1.807, 2.05) is 26.0 Å². The zero-order valence-electron chi connectivity index (χ0n) is 12.5. The van der Waals surface area contributed by atoms with Crippen LogP contribution in [-0.4, -0.2) is 24.1 Å². The van der Waals surface area contributed by atoms with Crippen molar-refractivity contribution in [3.05, 3.63) is 29.3 Å². The van der Waals surface area contributed by atoms with Gasteiger partial charge in [0.1, 0.15) is 5.75 Å². The van der Waals surface area contributed by atoms with Crippen molar-refractivity contribution in [2.75, 3.05) is 0 Å². The Morgan fingerprint density at radius 3 is 2.75 bits per heavy atom. The van der Waals surface area contributed by atoms with Crippen LogP contribution in [0.2, 0.25) is 0 Å². The van der Waals surface area contributed by atoms with E-state index in [1.54, 1.807) is 6.92 Å². The number of ether oxygens (including phenoxy) is 1. The second-order valence-corrected chi connectivity index (χ2v) is 5.84. The summed E-state index contributed by atoms with van der Waals surface area (Å²) < 4.78 is 5.82. The van der Waals surface area contributed by atoms with Crippen LogP contribution in [0.15, 0.2) is 18.2 Å². The average Bonchev–Trinajstić information content (AvgIpc) is 3.15. The van der Waals surface area contributed by atoms with Crippen molar-refractivity contribution in [3.8, 4) is 5.75 Å². The molecule has 2 unspecified atom stereocenters. The van der Waals surface area contributed by atoms with Crippen LogP contribution in [0.3, 0.4) is 0 Å². The van der Waals surface area contributed by atoms with Gasteiger partial charge in [0.05, 0.1) is 0 Å². The van der Waals surface area contributed by atoms with Crippen LogP contribution in [0.5, 0.6) is 5.75 Å². The highest BCUT2D eigenvalue weighted by atomic mass is 16.5. The SMILES string of the molecule is Cc1ccc(OC(C)C(=O)NC2CC2)c(CC(C)N)c1. The monoisotopic (exact) mass is 276 g/mol. The first kappa shape index (κ1) is 14.9. The molecule has 1 saturated carbocycles. The van der Waals surface area contributed by atoms with Gasteiger partial charge in [0.25, 0.3) is 5.91 Å². The van der Waals surface area contributed by atoms with E-state index in [9.17, 15) is 4.79 Å². The maximum absolute atomic E-state index is 11.9. The highest BCUT2D eigenvalue weighted by Gasteiger charge is 2.26. The smallest absolute Gasteiger partial charge is 0.260 e. The number of aryl methyl sites for hydroxylation is 1.